The molecule has 1 fully saturated rings. The van der Waals surface area contributed by atoms with Crippen LogP contribution in [0.5, 0.6) is 5.75 Å². The standard InChI is InChI=1S/C14H16N2O4/c1-8-4-5-11(20-3)10(6-8)14(19)16-7-12(17)15-13(18)9(16)2/h4-6,9H,7H2,1-3H3,(H,15,17,18). The predicted molar refractivity (Wildman–Crippen MR) is 71.4 cm³/mol. The zero-order chi connectivity index (χ0) is 14.9. The summed E-state index contributed by atoms with van der Waals surface area (Å²) >= 11 is 0. The molecular weight excluding hydrogens is 260 g/mol. The van der Waals surface area contributed by atoms with Gasteiger partial charge in [-0.2, -0.15) is 0 Å². The summed E-state index contributed by atoms with van der Waals surface area (Å²) in [5.41, 5.74) is 1.25. The monoisotopic (exact) mass is 276 g/mol. The minimum absolute atomic E-state index is 0.136. The summed E-state index contributed by atoms with van der Waals surface area (Å²) in [7, 11) is 1.47. The molecule has 1 aliphatic rings. The maximum atomic E-state index is 12.5. The van der Waals surface area contributed by atoms with Crippen LogP contribution in [-0.4, -0.2) is 42.3 Å². The van der Waals surface area contributed by atoms with Gasteiger partial charge >= 0.3 is 0 Å². The summed E-state index contributed by atoms with van der Waals surface area (Å²) < 4.78 is 5.17. The van der Waals surface area contributed by atoms with Gasteiger partial charge in [0.25, 0.3) is 5.91 Å². The molecule has 1 atom stereocenters. The molecule has 1 aromatic carbocycles. The molecule has 0 spiro atoms. The third-order valence-electron chi connectivity index (χ3n) is 3.27. The first-order valence-electron chi connectivity index (χ1n) is 6.23. The number of hydrogen-bond donors (Lipinski definition) is 1. The van der Waals surface area contributed by atoms with Crippen LogP contribution >= 0.6 is 0 Å². The van der Waals surface area contributed by atoms with Crippen molar-refractivity contribution in [2.45, 2.75) is 19.9 Å². The molecule has 6 heteroatoms. The van der Waals surface area contributed by atoms with Gasteiger partial charge in [-0.15, -0.1) is 0 Å². The molecule has 3 amide bonds. The second-order valence-corrected chi connectivity index (χ2v) is 4.73. The van der Waals surface area contributed by atoms with Gasteiger partial charge in [0.1, 0.15) is 18.3 Å². The third kappa shape index (κ3) is 2.49. The third-order valence-corrected chi connectivity index (χ3v) is 3.27. The summed E-state index contributed by atoms with van der Waals surface area (Å²) in [6.45, 7) is 3.30. The second kappa shape index (κ2) is 5.32. The second-order valence-electron chi connectivity index (χ2n) is 4.73. The van der Waals surface area contributed by atoms with E-state index >= 15 is 0 Å². The number of aryl methyl sites for hydroxylation is 1. The van der Waals surface area contributed by atoms with E-state index in [0.29, 0.717) is 11.3 Å². The Morgan fingerprint density at radius 1 is 1.40 bits per heavy atom. The zero-order valence-corrected chi connectivity index (χ0v) is 11.6. The number of hydrogen-bond acceptors (Lipinski definition) is 4. The molecular formula is C14H16N2O4. The highest BCUT2D eigenvalue weighted by Gasteiger charge is 2.34. The van der Waals surface area contributed by atoms with Crippen LogP contribution in [0.2, 0.25) is 0 Å². The Labute approximate surface area is 116 Å². The molecule has 2 rings (SSSR count). The van der Waals surface area contributed by atoms with E-state index < -0.39 is 17.9 Å². The fourth-order valence-corrected chi connectivity index (χ4v) is 2.11. The molecule has 0 aromatic heterocycles. The normalized spacial score (nSPS) is 18.8. The van der Waals surface area contributed by atoms with Gasteiger partial charge in [0.05, 0.1) is 12.7 Å². The summed E-state index contributed by atoms with van der Waals surface area (Å²) in [4.78, 5) is 36.8. The molecule has 0 aliphatic carbocycles. The highest BCUT2D eigenvalue weighted by Crippen LogP contribution is 2.23. The van der Waals surface area contributed by atoms with Crippen molar-refractivity contribution in [3.05, 3.63) is 29.3 Å². The van der Waals surface area contributed by atoms with Crippen molar-refractivity contribution >= 4 is 17.7 Å². The van der Waals surface area contributed by atoms with Gasteiger partial charge in [-0.25, -0.2) is 0 Å². The number of benzene rings is 1. The van der Waals surface area contributed by atoms with Gasteiger partial charge in [-0.1, -0.05) is 11.6 Å². The fourth-order valence-electron chi connectivity index (χ4n) is 2.11. The lowest BCUT2D eigenvalue weighted by Gasteiger charge is -2.32. The number of ether oxygens (including phenoxy) is 1. The van der Waals surface area contributed by atoms with Gasteiger partial charge in [-0.3, -0.25) is 19.7 Å². The lowest BCUT2D eigenvalue weighted by Crippen LogP contribution is -2.58. The summed E-state index contributed by atoms with van der Waals surface area (Å²) in [6, 6.07) is 4.52. The van der Waals surface area contributed by atoms with E-state index in [1.54, 1.807) is 19.1 Å². The van der Waals surface area contributed by atoms with Crippen molar-refractivity contribution in [1.29, 1.82) is 0 Å². The molecule has 1 unspecified atom stereocenters. The van der Waals surface area contributed by atoms with Crippen LogP contribution in [-0.2, 0) is 9.59 Å². The molecule has 1 aliphatic heterocycles. The van der Waals surface area contributed by atoms with Gasteiger partial charge in [0.15, 0.2) is 0 Å². The van der Waals surface area contributed by atoms with Crippen LogP contribution in [0.25, 0.3) is 0 Å². The van der Waals surface area contributed by atoms with Crippen molar-refractivity contribution in [3.63, 3.8) is 0 Å². The Bertz CT molecular complexity index is 583. The van der Waals surface area contributed by atoms with Crippen molar-refractivity contribution in [2.75, 3.05) is 13.7 Å². The van der Waals surface area contributed by atoms with Crippen molar-refractivity contribution < 1.29 is 19.1 Å². The van der Waals surface area contributed by atoms with E-state index in [-0.39, 0.29) is 12.5 Å². The molecule has 1 saturated heterocycles. The molecule has 0 radical (unpaired) electrons. The molecule has 1 heterocycles. The first-order valence-corrected chi connectivity index (χ1v) is 6.23. The number of imide groups is 1. The SMILES string of the molecule is COc1ccc(C)cc1C(=O)N1CC(=O)NC(=O)C1C. The van der Waals surface area contributed by atoms with Crippen LogP contribution in [0.3, 0.4) is 0 Å². The molecule has 0 saturated carbocycles. The average Bonchev–Trinajstić information content (AvgIpc) is 2.42. The van der Waals surface area contributed by atoms with E-state index in [1.807, 2.05) is 13.0 Å². The molecule has 6 nitrogen and oxygen atoms in total. The first kappa shape index (κ1) is 14.0. The number of carbonyl (C=O) groups is 3. The minimum Gasteiger partial charge on any atom is -0.496 e. The van der Waals surface area contributed by atoms with Crippen LogP contribution in [0, 0.1) is 6.92 Å². The van der Waals surface area contributed by atoms with Gasteiger partial charge in [0, 0.05) is 0 Å². The van der Waals surface area contributed by atoms with E-state index in [9.17, 15) is 14.4 Å². The fraction of sp³-hybridized carbons (Fsp3) is 0.357. The van der Waals surface area contributed by atoms with Crippen LogP contribution in [0.15, 0.2) is 18.2 Å². The van der Waals surface area contributed by atoms with Gasteiger partial charge in [0.2, 0.25) is 11.8 Å². The molecule has 1 aromatic rings. The number of amides is 3. The lowest BCUT2D eigenvalue weighted by atomic mass is 10.1. The highest BCUT2D eigenvalue weighted by molar-refractivity contribution is 6.07. The van der Waals surface area contributed by atoms with Gasteiger partial charge in [-0.05, 0) is 26.0 Å². The number of rotatable bonds is 2. The Morgan fingerprint density at radius 2 is 2.10 bits per heavy atom. The van der Waals surface area contributed by atoms with E-state index in [0.717, 1.165) is 5.56 Å². The van der Waals surface area contributed by atoms with E-state index in [4.69, 9.17) is 4.74 Å². The Balaban J connectivity index is 2.37. The van der Waals surface area contributed by atoms with Crippen molar-refractivity contribution in [3.8, 4) is 5.75 Å². The van der Waals surface area contributed by atoms with E-state index in [2.05, 4.69) is 5.32 Å². The van der Waals surface area contributed by atoms with Crippen LogP contribution < -0.4 is 10.1 Å². The number of nitrogens with zero attached hydrogens (tertiary/aromatic N) is 1. The maximum absolute atomic E-state index is 12.5. The van der Waals surface area contributed by atoms with Crippen molar-refractivity contribution in [2.24, 2.45) is 0 Å². The summed E-state index contributed by atoms with van der Waals surface area (Å²) in [5, 5.41) is 2.20. The van der Waals surface area contributed by atoms with E-state index in [1.165, 1.54) is 12.0 Å². The Hall–Kier alpha value is -2.37. The highest BCUT2D eigenvalue weighted by atomic mass is 16.5. The summed E-state index contributed by atoms with van der Waals surface area (Å²) in [6.07, 6.45) is 0. The van der Waals surface area contributed by atoms with Gasteiger partial charge < -0.3 is 9.64 Å². The predicted octanol–water partition coefficient (Wildman–Crippen LogP) is 0.491. The quantitative estimate of drug-likeness (QED) is 0.798. The smallest absolute Gasteiger partial charge is 0.258 e. The molecule has 106 valence electrons. The number of methoxy groups -OCH3 is 1. The average molecular weight is 276 g/mol. The van der Waals surface area contributed by atoms with Crippen LogP contribution in [0.4, 0.5) is 0 Å². The number of piperazine rings is 1. The number of carbonyl (C=O) groups excluding carboxylic acids is 3. The Morgan fingerprint density at radius 3 is 2.75 bits per heavy atom. The lowest BCUT2D eigenvalue weighted by molar-refractivity contribution is -0.138. The maximum Gasteiger partial charge on any atom is 0.258 e. The molecule has 20 heavy (non-hydrogen) atoms. The summed E-state index contributed by atoms with van der Waals surface area (Å²) in [5.74, 6) is -0.915. The molecule has 1 N–H and O–H groups in total. The zero-order valence-electron chi connectivity index (χ0n) is 11.6. The van der Waals surface area contributed by atoms with Crippen molar-refractivity contribution in [1.82, 2.24) is 10.2 Å². The first-order chi connectivity index (χ1) is 9.43. The topological polar surface area (TPSA) is 75.7 Å². The van der Waals surface area contributed by atoms with Crippen LogP contribution in [0.1, 0.15) is 22.8 Å². The molecule has 0 bridgehead atoms. The number of nitrogens with one attached hydrogen (secondary N) is 1. The largest absolute Gasteiger partial charge is 0.496 e. The minimum atomic E-state index is -0.689. The Kier molecular flexibility index (Phi) is 3.74.